The molecule has 2 rings (SSSR count). The Kier molecular flexibility index (Phi) is 3.42. The minimum absolute atomic E-state index is 0.0442. The van der Waals surface area contributed by atoms with E-state index in [1.54, 1.807) is 0 Å². The highest BCUT2D eigenvalue weighted by Crippen LogP contribution is 2.16. The monoisotopic (exact) mass is 258 g/mol. The molecule has 0 radical (unpaired) electrons. The predicted octanol–water partition coefficient (Wildman–Crippen LogP) is 1.74. The molecule has 0 fully saturated rings. The summed E-state index contributed by atoms with van der Waals surface area (Å²) in [5, 5.41) is 20.7. The van der Waals surface area contributed by atoms with Gasteiger partial charge in [-0.2, -0.15) is 0 Å². The van der Waals surface area contributed by atoms with Gasteiger partial charge in [0, 0.05) is 11.8 Å². The van der Waals surface area contributed by atoms with Crippen molar-refractivity contribution in [2.45, 2.75) is 0 Å². The van der Waals surface area contributed by atoms with Crippen molar-refractivity contribution < 1.29 is 19.8 Å². The topological polar surface area (TPSA) is 99.5 Å². The highest BCUT2D eigenvalue weighted by Gasteiger charge is 2.13. The number of carbonyl (C=O) groups is 2. The van der Waals surface area contributed by atoms with E-state index in [9.17, 15) is 14.7 Å². The number of phenolic OH excluding ortho intramolecular Hbond substituents is 1. The molecule has 0 bridgehead atoms. The van der Waals surface area contributed by atoms with Gasteiger partial charge >= 0.3 is 5.97 Å². The summed E-state index contributed by atoms with van der Waals surface area (Å²) >= 11 is 0. The number of hydrogen-bond donors (Lipinski definition) is 3. The third-order valence-electron chi connectivity index (χ3n) is 2.41. The Morgan fingerprint density at radius 2 is 2.00 bits per heavy atom. The third-order valence-corrected chi connectivity index (χ3v) is 2.41. The van der Waals surface area contributed by atoms with E-state index in [-0.39, 0.29) is 22.6 Å². The number of amides is 1. The molecule has 0 saturated carbocycles. The molecule has 0 saturated heterocycles. The summed E-state index contributed by atoms with van der Waals surface area (Å²) in [5.74, 6) is -1.72. The highest BCUT2D eigenvalue weighted by molar-refractivity contribution is 6.07. The third kappa shape index (κ3) is 2.86. The van der Waals surface area contributed by atoms with E-state index in [1.807, 2.05) is 0 Å². The number of anilines is 1. The molecule has 1 amide bonds. The van der Waals surface area contributed by atoms with Gasteiger partial charge in [0.25, 0.3) is 5.91 Å². The standard InChI is InChI=1S/C13H10N2O4/c16-9-3-1-2-8(6-9)12(17)15-11-7-14-5-4-10(11)13(18)19/h1-7,16H,(H,15,17)(H,18,19). The highest BCUT2D eigenvalue weighted by atomic mass is 16.4. The zero-order valence-electron chi connectivity index (χ0n) is 9.70. The second-order valence-corrected chi connectivity index (χ2v) is 3.73. The van der Waals surface area contributed by atoms with E-state index in [0.29, 0.717) is 0 Å². The molecule has 0 aliphatic heterocycles. The molecule has 0 aliphatic rings. The van der Waals surface area contributed by atoms with Crippen molar-refractivity contribution in [1.82, 2.24) is 4.98 Å². The van der Waals surface area contributed by atoms with Crippen molar-refractivity contribution in [2.75, 3.05) is 5.32 Å². The lowest BCUT2D eigenvalue weighted by Crippen LogP contribution is -2.14. The minimum Gasteiger partial charge on any atom is -0.508 e. The normalized spacial score (nSPS) is 9.89. The number of rotatable bonds is 3. The summed E-state index contributed by atoms with van der Waals surface area (Å²) in [7, 11) is 0. The van der Waals surface area contributed by atoms with Crippen molar-refractivity contribution in [3.8, 4) is 5.75 Å². The molecular weight excluding hydrogens is 248 g/mol. The minimum atomic E-state index is -1.16. The lowest BCUT2D eigenvalue weighted by atomic mass is 10.2. The van der Waals surface area contributed by atoms with Crippen LogP contribution in [0.2, 0.25) is 0 Å². The largest absolute Gasteiger partial charge is 0.508 e. The number of nitrogens with zero attached hydrogens (tertiary/aromatic N) is 1. The van der Waals surface area contributed by atoms with E-state index in [0.717, 1.165) is 0 Å². The summed E-state index contributed by atoms with van der Waals surface area (Å²) in [4.78, 5) is 26.6. The first-order valence-corrected chi connectivity index (χ1v) is 5.35. The van der Waals surface area contributed by atoms with Gasteiger partial charge in [0.2, 0.25) is 0 Å². The lowest BCUT2D eigenvalue weighted by molar-refractivity contribution is 0.0698. The van der Waals surface area contributed by atoms with Crippen LogP contribution in [0.15, 0.2) is 42.7 Å². The molecule has 0 aliphatic carbocycles. The SMILES string of the molecule is O=C(Nc1cnccc1C(=O)O)c1cccc(O)c1. The fourth-order valence-corrected chi connectivity index (χ4v) is 1.52. The smallest absolute Gasteiger partial charge is 0.337 e. The Bertz CT molecular complexity index is 640. The van der Waals surface area contributed by atoms with Gasteiger partial charge in [-0.15, -0.1) is 0 Å². The fourth-order valence-electron chi connectivity index (χ4n) is 1.52. The molecule has 1 aromatic carbocycles. The van der Waals surface area contributed by atoms with E-state index in [2.05, 4.69) is 10.3 Å². The number of carboxylic acid groups (broad SMARTS) is 1. The van der Waals surface area contributed by atoms with Crippen LogP contribution in [-0.2, 0) is 0 Å². The van der Waals surface area contributed by atoms with Crippen molar-refractivity contribution in [3.05, 3.63) is 53.9 Å². The molecule has 0 unspecified atom stereocenters. The van der Waals surface area contributed by atoms with Gasteiger partial charge in [0.15, 0.2) is 0 Å². The molecule has 6 nitrogen and oxygen atoms in total. The quantitative estimate of drug-likeness (QED) is 0.778. The molecular formula is C13H10N2O4. The summed E-state index contributed by atoms with van der Waals surface area (Å²) in [5.41, 5.74) is 0.270. The zero-order valence-corrected chi connectivity index (χ0v) is 9.70. The summed E-state index contributed by atoms with van der Waals surface area (Å²) < 4.78 is 0. The van der Waals surface area contributed by atoms with Gasteiger partial charge in [-0.3, -0.25) is 9.78 Å². The molecule has 0 spiro atoms. The van der Waals surface area contributed by atoms with E-state index < -0.39 is 11.9 Å². The van der Waals surface area contributed by atoms with Gasteiger partial charge in [-0.05, 0) is 24.3 Å². The predicted molar refractivity (Wildman–Crippen MR) is 67.3 cm³/mol. The van der Waals surface area contributed by atoms with Gasteiger partial charge in [0.1, 0.15) is 5.75 Å². The molecule has 19 heavy (non-hydrogen) atoms. The van der Waals surface area contributed by atoms with Crippen LogP contribution in [0.25, 0.3) is 0 Å². The van der Waals surface area contributed by atoms with E-state index >= 15 is 0 Å². The van der Waals surface area contributed by atoms with E-state index in [1.165, 1.54) is 42.7 Å². The van der Waals surface area contributed by atoms with Gasteiger partial charge in [0.05, 0.1) is 17.4 Å². The maximum absolute atomic E-state index is 11.9. The number of carboxylic acids is 1. The maximum Gasteiger partial charge on any atom is 0.337 e. The summed E-state index contributed by atoms with van der Waals surface area (Å²) in [6.45, 7) is 0. The van der Waals surface area contributed by atoms with Crippen LogP contribution in [-0.4, -0.2) is 27.1 Å². The Labute approximate surface area is 108 Å². The molecule has 1 aromatic heterocycles. The van der Waals surface area contributed by atoms with Crippen LogP contribution in [0, 0.1) is 0 Å². The van der Waals surface area contributed by atoms with Crippen LogP contribution in [0.1, 0.15) is 20.7 Å². The molecule has 3 N–H and O–H groups in total. The number of aromatic carboxylic acids is 1. The number of aromatic nitrogens is 1. The van der Waals surface area contributed by atoms with Crippen LogP contribution in [0.5, 0.6) is 5.75 Å². The number of hydrogen-bond acceptors (Lipinski definition) is 4. The maximum atomic E-state index is 11.9. The van der Waals surface area contributed by atoms with Crippen molar-refractivity contribution in [1.29, 1.82) is 0 Å². The molecule has 0 atom stereocenters. The van der Waals surface area contributed by atoms with Crippen LogP contribution >= 0.6 is 0 Å². The number of carbonyl (C=O) groups excluding carboxylic acids is 1. The van der Waals surface area contributed by atoms with E-state index in [4.69, 9.17) is 5.11 Å². The van der Waals surface area contributed by atoms with Crippen LogP contribution in [0.3, 0.4) is 0 Å². The Hall–Kier alpha value is -2.89. The molecule has 2 aromatic rings. The van der Waals surface area contributed by atoms with Gasteiger partial charge in [-0.1, -0.05) is 6.07 Å². The number of aromatic hydroxyl groups is 1. The van der Waals surface area contributed by atoms with Gasteiger partial charge in [-0.25, -0.2) is 4.79 Å². The average molecular weight is 258 g/mol. The second kappa shape index (κ2) is 5.18. The Morgan fingerprint density at radius 3 is 2.68 bits per heavy atom. The number of phenols is 1. The molecule has 96 valence electrons. The molecule has 6 heteroatoms. The lowest BCUT2D eigenvalue weighted by Gasteiger charge is -2.07. The van der Waals surface area contributed by atoms with Gasteiger partial charge < -0.3 is 15.5 Å². The van der Waals surface area contributed by atoms with Crippen molar-refractivity contribution in [2.24, 2.45) is 0 Å². The number of nitrogens with one attached hydrogen (secondary N) is 1. The first-order valence-electron chi connectivity index (χ1n) is 5.35. The Morgan fingerprint density at radius 1 is 1.21 bits per heavy atom. The van der Waals surface area contributed by atoms with Crippen LogP contribution in [0.4, 0.5) is 5.69 Å². The average Bonchev–Trinajstić information content (AvgIpc) is 2.39. The summed E-state index contributed by atoms with van der Waals surface area (Å²) in [6, 6.07) is 7.04. The number of benzene rings is 1. The zero-order chi connectivity index (χ0) is 13.8. The molecule has 1 heterocycles. The van der Waals surface area contributed by atoms with Crippen molar-refractivity contribution in [3.63, 3.8) is 0 Å². The first-order chi connectivity index (χ1) is 9.08. The first kappa shape index (κ1) is 12.6. The summed E-state index contributed by atoms with van der Waals surface area (Å²) in [6.07, 6.45) is 2.58. The van der Waals surface area contributed by atoms with Crippen molar-refractivity contribution >= 4 is 17.6 Å². The second-order valence-electron chi connectivity index (χ2n) is 3.73. The fraction of sp³-hybridized carbons (Fsp3) is 0. The van der Waals surface area contributed by atoms with Crippen LogP contribution < -0.4 is 5.32 Å². The Balaban J connectivity index is 2.27. The number of pyridine rings is 1.